The van der Waals surface area contributed by atoms with Crippen LogP contribution in [0.25, 0.3) is 33.2 Å². The summed E-state index contributed by atoms with van der Waals surface area (Å²) in [6.07, 6.45) is 1.21. The minimum absolute atomic E-state index is 0.0481. The van der Waals surface area contributed by atoms with Gasteiger partial charge in [-0.3, -0.25) is 24.2 Å². The molecule has 2 aliphatic heterocycles. The second-order valence-corrected chi connectivity index (χ2v) is 13.2. The van der Waals surface area contributed by atoms with Crippen molar-refractivity contribution < 1.29 is 38.1 Å². The number of allylic oxidation sites excluding steroid dienone is 2. The molecule has 3 aromatic rings. The molecule has 0 saturated carbocycles. The molecule has 0 radical (unpaired) electrons. The summed E-state index contributed by atoms with van der Waals surface area (Å²) in [4.78, 5) is 67.5. The Morgan fingerprint density at radius 3 is 1.54 bits per heavy atom. The lowest BCUT2D eigenvalue weighted by Gasteiger charge is -2.16. The molecule has 0 saturated heterocycles. The van der Waals surface area contributed by atoms with Crippen LogP contribution in [0, 0.1) is 0 Å². The molecule has 0 spiro atoms. The predicted molar refractivity (Wildman–Crippen MR) is 188 cm³/mol. The van der Waals surface area contributed by atoms with Crippen LogP contribution >= 0.6 is 0 Å². The predicted octanol–water partition coefficient (Wildman–Crippen LogP) is 5.43. The fourth-order valence-electron chi connectivity index (χ4n) is 6.54. The lowest BCUT2D eigenvalue weighted by Crippen LogP contribution is -2.15. The van der Waals surface area contributed by atoms with Gasteiger partial charge in [-0.05, 0) is 84.4 Å². The van der Waals surface area contributed by atoms with Crippen molar-refractivity contribution in [3.05, 3.63) is 69.3 Å². The van der Waals surface area contributed by atoms with Gasteiger partial charge in [-0.15, -0.1) is 0 Å². The molecular formula is C38H44N4O8. The number of carbonyl (C=O) groups excluding carboxylic acids is 4. The van der Waals surface area contributed by atoms with Gasteiger partial charge in [0.1, 0.15) is 0 Å². The van der Waals surface area contributed by atoms with Gasteiger partial charge in [-0.2, -0.15) is 0 Å². The SMILES string of the molecule is COC(=O)CCc1c(CC(=O)OC)c2cc3nc(cc4nc(cc5[nH]c(cc1[nH]2)c(CCC(=O)OC)c5CC(=O)OC)C(C)=C4C)C(C)(C)C3. The first kappa shape index (κ1) is 36.0. The molecule has 5 rings (SSSR count). The monoisotopic (exact) mass is 684 g/mol. The molecule has 264 valence electrons. The van der Waals surface area contributed by atoms with Gasteiger partial charge in [0.2, 0.25) is 0 Å². The molecule has 0 unspecified atom stereocenters. The van der Waals surface area contributed by atoms with Gasteiger partial charge in [0, 0.05) is 58.1 Å². The molecule has 2 N–H and O–H groups in total. The quantitative estimate of drug-likeness (QED) is 0.208. The topological polar surface area (TPSA) is 163 Å². The van der Waals surface area contributed by atoms with E-state index < -0.39 is 23.9 Å². The second kappa shape index (κ2) is 14.7. The maximum absolute atomic E-state index is 12.8. The highest BCUT2D eigenvalue weighted by molar-refractivity contribution is 5.92. The van der Waals surface area contributed by atoms with Crippen molar-refractivity contribution in [2.45, 2.75) is 78.1 Å². The number of ether oxygens (including phenoxy) is 4. The third-order valence-electron chi connectivity index (χ3n) is 9.59. The van der Waals surface area contributed by atoms with Crippen LogP contribution in [0.15, 0.2) is 24.3 Å². The first-order valence-corrected chi connectivity index (χ1v) is 16.5. The van der Waals surface area contributed by atoms with Gasteiger partial charge in [0.05, 0.1) is 52.7 Å². The summed E-state index contributed by atoms with van der Waals surface area (Å²) in [5.74, 6) is -1.69. The zero-order chi connectivity index (χ0) is 36.3. The van der Waals surface area contributed by atoms with E-state index in [1.54, 1.807) is 0 Å². The third kappa shape index (κ3) is 7.49. The van der Waals surface area contributed by atoms with Gasteiger partial charge < -0.3 is 28.9 Å². The molecular weight excluding hydrogens is 640 g/mol. The third-order valence-corrected chi connectivity index (χ3v) is 9.59. The molecule has 0 amide bonds. The summed E-state index contributed by atoms with van der Waals surface area (Å²) in [6.45, 7) is 8.31. The van der Waals surface area contributed by atoms with Crippen molar-refractivity contribution in [3.63, 3.8) is 0 Å². The standard InChI is InChI=1S/C38H44N4O8/c1-20-21(2)28-18-33-38(3,4)19-22(39-33)13-29-25(14-36(45)49-7)23(9-11-34(43)47-5)30(41-29)17-31-24(10-12-35(44)48-6)26(15-37(46)50-8)32(42-31)16-27(20)40-28/h13,16-18,41-42H,9-12,14-15,19H2,1-8H3. The summed E-state index contributed by atoms with van der Waals surface area (Å²) in [7, 11) is 5.33. The highest BCUT2D eigenvalue weighted by atomic mass is 16.5. The second-order valence-electron chi connectivity index (χ2n) is 13.2. The van der Waals surface area contributed by atoms with Gasteiger partial charge in [-0.25, -0.2) is 4.98 Å². The average Bonchev–Trinajstić information content (AvgIpc) is 3.75. The summed E-state index contributed by atoms with van der Waals surface area (Å²) >= 11 is 0. The van der Waals surface area contributed by atoms with Crippen LogP contribution in [-0.4, -0.2) is 72.3 Å². The number of nitrogens with zero attached hydrogens (tertiary/aromatic N) is 2. The molecule has 3 aromatic heterocycles. The van der Waals surface area contributed by atoms with Crippen molar-refractivity contribution in [2.75, 3.05) is 28.4 Å². The Bertz CT molecular complexity index is 2070. The molecule has 50 heavy (non-hydrogen) atoms. The summed E-state index contributed by atoms with van der Waals surface area (Å²) in [5, 5.41) is 0. The van der Waals surface area contributed by atoms with E-state index in [2.05, 4.69) is 23.8 Å². The van der Waals surface area contributed by atoms with E-state index in [1.165, 1.54) is 28.4 Å². The van der Waals surface area contributed by atoms with E-state index >= 15 is 0 Å². The van der Waals surface area contributed by atoms with E-state index in [0.717, 1.165) is 45.0 Å². The van der Waals surface area contributed by atoms with Crippen LogP contribution in [0.1, 0.15) is 85.6 Å². The number of aromatic amines is 2. The molecule has 0 aromatic carbocycles. The van der Waals surface area contributed by atoms with E-state index in [9.17, 15) is 19.2 Å². The normalized spacial score (nSPS) is 13.6. The smallest absolute Gasteiger partial charge is 0.310 e. The van der Waals surface area contributed by atoms with Crippen LogP contribution in [-0.2, 0) is 75.6 Å². The van der Waals surface area contributed by atoms with Crippen LogP contribution in [0.3, 0.4) is 0 Å². The number of hydrogen-bond donors (Lipinski definition) is 2. The lowest BCUT2D eigenvalue weighted by atomic mass is 9.86. The summed E-state index contributed by atoms with van der Waals surface area (Å²) in [5.41, 5.74) is 10.3. The average molecular weight is 685 g/mol. The van der Waals surface area contributed by atoms with Gasteiger partial charge in [0.15, 0.2) is 0 Å². The molecule has 5 heterocycles. The Morgan fingerprint density at radius 1 is 0.620 bits per heavy atom. The highest BCUT2D eigenvalue weighted by Gasteiger charge is 2.30. The summed E-state index contributed by atoms with van der Waals surface area (Å²) in [6, 6.07) is 7.77. The maximum atomic E-state index is 12.8. The number of H-pyrrole nitrogens is 2. The number of methoxy groups -OCH3 is 4. The minimum atomic E-state index is -0.447. The van der Waals surface area contributed by atoms with Gasteiger partial charge >= 0.3 is 23.9 Å². The Hall–Kier alpha value is -5.26. The number of rotatable bonds is 10. The van der Waals surface area contributed by atoms with Gasteiger partial charge in [-0.1, -0.05) is 13.8 Å². The fraction of sp³-hybridized carbons (Fsp3) is 0.421. The van der Waals surface area contributed by atoms with Crippen molar-refractivity contribution in [1.82, 2.24) is 19.9 Å². The van der Waals surface area contributed by atoms with E-state index in [0.29, 0.717) is 39.6 Å². The first-order valence-electron chi connectivity index (χ1n) is 16.5. The van der Waals surface area contributed by atoms with Crippen LogP contribution in [0.5, 0.6) is 0 Å². The minimum Gasteiger partial charge on any atom is -0.469 e. The van der Waals surface area contributed by atoms with E-state index in [4.69, 9.17) is 28.9 Å². The molecule has 2 aliphatic rings. The van der Waals surface area contributed by atoms with E-state index in [1.807, 2.05) is 38.1 Å². The number of aromatic nitrogens is 4. The first-order chi connectivity index (χ1) is 23.8. The zero-order valence-electron chi connectivity index (χ0n) is 29.9. The highest BCUT2D eigenvalue weighted by Crippen LogP contribution is 2.36. The van der Waals surface area contributed by atoms with Crippen molar-refractivity contribution in [3.8, 4) is 0 Å². The molecule has 12 nitrogen and oxygen atoms in total. The Morgan fingerprint density at radius 2 is 1.06 bits per heavy atom. The number of hydrogen-bond acceptors (Lipinski definition) is 10. The molecule has 0 atom stereocenters. The van der Waals surface area contributed by atoms with Crippen molar-refractivity contribution in [2.24, 2.45) is 0 Å². The molecule has 8 bridgehead atoms. The Kier molecular flexibility index (Phi) is 10.6. The number of esters is 4. The molecule has 0 aliphatic carbocycles. The van der Waals surface area contributed by atoms with Crippen LogP contribution in [0.2, 0.25) is 0 Å². The molecule has 0 fully saturated rings. The van der Waals surface area contributed by atoms with Crippen molar-refractivity contribution in [1.29, 1.82) is 0 Å². The number of nitrogens with one attached hydrogen (secondary N) is 2. The Labute approximate surface area is 290 Å². The number of fused-ring (bicyclic) bond motifs is 8. The number of carbonyl (C=O) groups is 4. The van der Waals surface area contributed by atoms with Gasteiger partial charge in [0.25, 0.3) is 0 Å². The number of aryl methyl sites for hydroxylation is 2. The van der Waals surface area contributed by atoms with Crippen molar-refractivity contribution >= 4 is 57.1 Å². The lowest BCUT2D eigenvalue weighted by molar-refractivity contribution is -0.141. The maximum Gasteiger partial charge on any atom is 0.310 e. The van der Waals surface area contributed by atoms with Crippen LogP contribution in [0.4, 0.5) is 0 Å². The largest absolute Gasteiger partial charge is 0.469 e. The molecule has 12 heteroatoms. The fourth-order valence-corrected chi connectivity index (χ4v) is 6.54. The zero-order valence-corrected chi connectivity index (χ0v) is 29.9. The van der Waals surface area contributed by atoms with Crippen LogP contribution < -0.4 is 0 Å². The summed E-state index contributed by atoms with van der Waals surface area (Å²) < 4.78 is 20.1. The van der Waals surface area contributed by atoms with E-state index in [-0.39, 0.29) is 43.9 Å². The Balaban J connectivity index is 1.97.